The summed E-state index contributed by atoms with van der Waals surface area (Å²) >= 11 is 7.38. The number of H-pyrrole nitrogens is 1. The smallest absolute Gasteiger partial charge is 0.305 e. The second kappa shape index (κ2) is 7.54. The zero-order valence-corrected chi connectivity index (χ0v) is 14.6. The van der Waals surface area contributed by atoms with Crippen molar-refractivity contribution in [2.45, 2.75) is 19.5 Å². The topological polar surface area (TPSA) is 100 Å². The fourth-order valence-electron chi connectivity index (χ4n) is 2.31. The van der Waals surface area contributed by atoms with Crippen molar-refractivity contribution in [3.63, 3.8) is 0 Å². The predicted molar refractivity (Wildman–Crippen MR) is 97.2 cm³/mol. The Morgan fingerprint density at radius 2 is 2.24 bits per heavy atom. The zero-order chi connectivity index (χ0) is 17.8. The van der Waals surface area contributed by atoms with Crippen LogP contribution in [0, 0.1) is 0 Å². The number of nitrogens with zero attached hydrogens (tertiary/aromatic N) is 2. The molecule has 9 heteroatoms. The highest BCUT2D eigenvalue weighted by molar-refractivity contribution is 7.16. The van der Waals surface area contributed by atoms with Gasteiger partial charge in [0.1, 0.15) is 5.82 Å². The molecule has 3 N–H and O–H groups in total. The number of nitrogens with one attached hydrogen (secondary N) is 2. The quantitative estimate of drug-likeness (QED) is 0.586. The first kappa shape index (κ1) is 17.2. The molecule has 0 amide bonds. The Morgan fingerprint density at radius 3 is 2.96 bits per heavy atom. The highest BCUT2D eigenvalue weighted by Crippen LogP contribution is 2.23. The summed E-state index contributed by atoms with van der Waals surface area (Å²) in [7, 11) is 0. The molecule has 0 aliphatic heterocycles. The van der Waals surface area contributed by atoms with Crippen molar-refractivity contribution in [3.8, 4) is 11.3 Å². The molecule has 0 saturated carbocycles. The SMILES string of the molecule is O=C(O)CCn1cccc(-c2cc(NCc3ccc(Cl)s3)n[nH]2)c1=O. The number of carboxylic acids is 1. The Bertz CT molecular complexity index is 947. The number of aromatic amines is 1. The second-order valence-corrected chi connectivity index (χ2v) is 7.09. The normalized spacial score (nSPS) is 10.8. The number of hydrogen-bond acceptors (Lipinski definition) is 5. The molecular formula is C16H15ClN4O3S. The maximum Gasteiger partial charge on any atom is 0.305 e. The Kier molecular flexibility index (Phi) is 5.20. The molecule has 7 nitrogen and oxygen atoms in total. The highest BCUT2D eigenvalue weighted by Gasteiger charge is 2.10. The molecule has 25 heavy (non-hydrogen) atoms. The van der Waals surface area contributed by atoms with E-state index in [9.17, 15) is 9.59 Å². The maximum atomic E-state index is 12.5. The third-order valence-electron chi connectivity index (χ3n) is 3.53. The summed E-state index contributed by atoms with van der Waals surface area (Å²) < 4.78 is 2.11. The molecule has 3 aromatic heterocycles. The van der Waals surface area contributed by atoms with Crippen LogP contribution in [-0.4, -0.2) is 25.8 Å². The molecular weight excluding hydrogens is 364 g/mol. The maximum absolute atomic E-state index is 12.5. The number of hydrogen-bond donors (Lipinski definition) is 3. The van der Waals surface area contributed by atoms with Crippen LogP contribution in [0.5, 0.6) is 0 Å². The first-order valence-electron chi connectivity index (χ1n) is 7.48. The zero-order valence-electron chi connectivity index (χ0n) is 13.0. The summed E-state index contributed by atoms with van der Waals surface area (Å²) in [5, 5.41) is 18.9. The Balaban J connectivity index is 1.74. The average Bonchev–Trinajstić information content (AvgIpc) is 3.21. The Morgan fingerprint density at radius 1 is 1.40 bits per heavy atom. The minimum absolute atomic E-state index is 0.109. The van der Waals surface area contributed by atoms with E-state index in [4.69, 9.17) is 16.7 Å². The molecule has 0 aromatic carbocycles. The van der Waals surface area contributed by atoms with E-state index in [-0.39, 0.29) is 18.5 Å². The highest BCUT2D eigenvalue weighted by atomic mass is 35.5. The summed E-state index contributed by atoms with van der Waals surface area (Å²) in [6.45, 7) is 0.708. The number of anilines is 1. The van der Waals surface area contributed by atoms with Crippen LogP contribution in [0.4, 0.5) is 5.82 Å². The van der Waals surface area contributed by atoms with Gasteiger partial charge in [0, 0.05) is 23.7 Å². The van der Waals surface area contributed by atoms with Gasteiger partial charge in [-0.1, -0.05) is 11.6 Å². The van der Waals surface area contributed by atoms with Gasteiger partial charge >= 0.3 is 5.97 Å². The largest absolute Gasteiger partial charge is 0.481 e. The number of carbonyl (C=O) groups is 1. The van der Waals surface area contributed by atoms with Crippen molar-refractivity contribution in [1.82, 2.24) is 14.8 Å². The third-order valence-corrected chi connectivity index (χ3v) is 4.76. The number of rotatable bonds is 7. The van der Waals surface area contributed by atoms with E-state index in [1.165, 1.54) is 15.9 Å². The van der Waals surface area contributed by atoms with Crippen LogP contribution in [0.2, 0.25) is 4.34 Å². The Labute approximate surface area is 151 Å². The minimum Gasteiger partial charge on any atom is -0.481 e. The van der Waals surface area contributed by atoms with Gasteiger partial charge in [0.15, 0.2) is 0 Å². The molecule has 0 bridgehead atoms. The minimum atomic E-state index is -0.945. The number of aryl methyl sites for hydroxylation is 1. The average molecular weight is 379 g/mol. The standard InChI is InChI=1S/C16H15ClN4O3S/c17-13-4-3-10(25-13)9-18-14-8-12(19-20-14)11-2-1-6-21(16(11)24)7-5-15(22)23/h1-4,6,8H,5,7,9H2,(H,22,23)(H2,18,19,20). The number of halogens is 1. The first-order chi connectivity index (χ1) is 12.0. The molecule has 0 aliphatic carbocycles. The van der Waals surface area contributed by atoms with Crippen molar-refractivity contribution in [2.75, 3.05) is 5.32 Å². The van der Waals surface area contributed by atoms with Crippen LogP contribution < -0.4 is 10.9 Å². The van der Waals surface area contributed by atoms with E-state index >= 15 is 0 Å². The summed E-state index contributed by atoms with van der Waals surface area (Å²) in [4.78, 5) is 24.2. The van der Waals surface area contributed by atoms with E-state index in [2.05, 4.69) is 15.5 Å². The second-order valence-electron chi connectivity index (χ2n) is 5.29. The fourth-order valence-corrected chi connectivity index (χ4v) is 3.34. The van der Waals surface area contributed by atoms with Crippen LogP contribution in [0.3, 0.4) is 0 Å². The van der Waals surface area contributed by atoms with Crippen molar-refractivity contribution in [3.05, 3.63) is 56.1 Å². The molecule has 130 valence electrons. The van der Waals surface area contributed by atoms with E-state index in [1.54, 1.807) is 24.4 Å². The van der Waals surface area contributed by atoms with Crippen LogP contribution in [0.25, 0.3) is 11.3 Å². The van der Waals surface area contributed by atoms with Crippen molar-refractivity contribution >= 4 is 34.7 Å². The van der Waals surface area contributed by atoms with Crippen molar-refractivity contribution in [1.29, 1.82) is 0 Å². The lowest BCUT2D eigenvalue weighted by molar-refractivity contribution is -0.137. The van der Waals surface area contributed by atoms with E-state index in [1.807, 2.05) is 12.1 Å². The number of thiophene rings is 1. The van der Waals surface area contributed by atoms with Gasteiger partial charge in [-0.3, -0.25) is 14.7 Å². The third kappa shape index (κ3) is 4.28. The van der Waals surface area contributed by atoms with E-state index in [0.29, 0.717) is 23.6 Å². The lowest BCUT2D eigenvalue weighted by atomic mass is 10.2. The number of aromatic nitrogens is 3. The first-order valence-corrected chi connectivity index (χ1v) is 8.67. The van der Waals surface area contributed by atoms with Crippen LogP contribution in [-0.2, 0) is 17.9 Å². The fraction of sp³-hybridized carbons (Fsp3) is 0.188. The van der Waals surface area contributed by atoms with Crippen LogP contribution in [0.15, 0.2) is 41.3 Å². The van der Waals surface area contributed by atoms with Gasteiger partial charge in [-0.2, -0.15) is 5.10 Å². The summed E-state index contributed by atoms with van der Waals surface area (Å²) in [5.74, 6) is -0.334. The van der Waals surface area contributed by atoms with E-state index < -0.39 is 5.97 Å². The monoisotopic (exact) mass is 378 g/mol. The van der Waals surface area contributed by atoms with Crippen molar-refractivity contribution < 1.29 is 9.90 Å². The molecule has 3 heterocycles. The van der Waals surface area contributed by atoms with Gasteiger partial charge in [-0.25, -0.2) is 0 Å². The Hall–Kier alpha value is -2.58. The molecule has 0 fully saturated rings. The van der Waals surface area contributed by atoms with Crippen LogP contribution in [0.1, 0.15) is 11.3 Å². The van der Waals surface area contributed by atoms with Crippen molar-refractivity contribution in [2.24, 2.45) is 0 Å². The molecule has 0 spiro atoms. The van der Waals surface area contributed by atoms with Gasteiger partial charge in [0.05, 0.1) is 28.6 Å². The molecule has 0 unspecified atom stereocenters. The summed E-state index contributed by atoms with van der Waals surface area (Å²) in [6.07, 6.45) is 1.47. The lowest BCUT2D eigenvalue weighted by Gasteiger charge is -2.05. The molecule has 0 atom stereocenters. The molecule has 0 saturated heterocycles. The van der Waals surface area contributed by atoms with Gasteiger partial charge in [0.2, 0.25) is 0 Å². The van der Waals surface area contributed by atoms with Gasteiger partial charge in [0.25, 0.3) is 5.56 Å². The number of pyridine rings is 1. The molecule has 3 aromatic rings. The number of carboxylic acid groups (broad SMARTS) is 1. The molecule has 0 radical (unpaired) electrons. The number of aliphatic carboxylic acids is 1. The van der Waals surface area contributed by atoms with Gasteiger partial charge in [-0.15, -0.1) is 11.3 Å². The molecule has 3 rings (SSSR count). The van der Waals surface area contributed by atoms with Gasteiger partial charge < -0.3 is 15.0 Å². The molecule has 0 aliphatic rings. The predicted octanol–water partition coefficient (Wildman–Crippen LogP) is 3.04. The lowest BCUT2D eigenvalue weighted by Crippen LogP contribution is -2.22. The van der Waals surface area contributed by atoms with E-state index in [0.717, 1.165) is 9.21 Å². The van der Waals surface area contributed by atoms with Gasteiger partial charge in [-0.05, 0) is 24.3 Å². The van der Waals surface area contributed by atoms with Crippen LogP contribution >= 0.6 is 22.9 Å². The summed E-state index contributed by atoms with van der Waals surface area (Å²) in [5.41, 5.74) is 0.748. The summed E-state index contributed by atoms with van der Waals surface area (Å²) in [6, 6.07) is 8.90.